The number of hydrogen-bond acceptors (Lipinski definition) is 7. The summed E-state index contributed by atoms with van der Waals surface area (Å²) in [6.07, 6.45) is 1.42. The third-order valence-corrected chi connectivity index (χ3v) is 7.75. The van der Waals surface area contributed by atoms with Gasteiger partial charge in [-0.3, -0.25) is 9.78 Å². The lowest BCUT2D eigenvalue weighted by molar-refractivity contribution is 0.0194. The molecule has 0 saturated carbocycles. The van der Waals surface area contributed by atoms with Crippen LogP contribution >= 0.6 is 11.3 Å². The third kappa shape index (κ3) is 4.60. The zero-order valence-corrected chi connectivity index (χ0v) is 23.7. The summed E-state index contributed by atoms with van der Waals surface area (Å²) < 4.78 is 28.3. The van der Waals surface area contributed by atoms with Crippen LogP contribution in [-0.2, 0) is 17.8 Å². The maximum Gasteiger partial charge on any atom is 0.410 e. The zero-order valence-electron chi connectivity index (χ0n) is 22.9. The van der Waals surface area contributed by atoms with Gasteiger partial charge in [0.2, 0.25) is 0 Å². The number of hydrogen-bond donors (Lipinski definition) is 1. The molecule has 1 aliphatic heterocycles. The molecule has 0 fully saturated rings. The number of fused-ring (bicyclic) bond motifs is 2. The summed E-state index contributed by atoms with van der Waals surface area (Å²) in [7, 11) is 1.53. The van der Waals surface area contributed by atoms with Crippen molar-refractivity contribution in [3.05, 3.63) is 59.1 Å². The summed E-state index contributed by atoms with van der Waals surface area (Å²) in [4.78, 5) is 19.6. The molecule has 1 amide bonds. The first-order valence-corrected chi connectivity index (χ1v) is 13.8. The molecular weight excluding hydrogens is 531 g/mol. The van der Waals surface area contributed by atoms with E-state index in [0.29, 0.717) is 36.8 Å². The number of pyridine rings is 1. The fourth-order valence-electron chi connectivity index (χ4n) is 4.99. The van der Waals surface area contributed by atoms with Crippen molar-refractivity contribution in [2.45, 2.75) is 46.4 Å². The predicted molar refractivity (Wildman–Crippen MR) is 152 cm³/mol. The SMILES string of the molecule is COc1cc(F)ccc1-c1c(-c2cc3n(n2)CCN(C(=O)OC(C)(C)C)C3)nc(-c2cn[nH]c2C)c2ccsc12. The van der Waals surface area contributed by atoms with Crippen LogP contribution in [0, 0.1) is 12.7 Å². The minimum atomic E-state index is -0.579. The molecule has 0 radical (unpaired) electrons. The smallest absolute Gasteiger partial charge is 0.410 e. The van der Waals surface area contributed by atoms with Crippen LogP contribution < -0.4 is 4.74 Å². The second-order valence-corrected chi connectivity index (χ2v) is 11.7. The molecule has 4 aromatic heterocycles. The average molecular weight is 561 g/mol. The van der Waals surface area contributed by atoms with Gasteiger partial charge in [0, 0.05) is 45.1 Å². The molecule has 1 aromatic carbocycles. The molecule has 40 heavy (non-hydrogen) atoms. The van der Waals surface area contributed by atoms with Gasteiger partial charge in [0.15, 0.2) is 0 Å². The lowest BCUT2D eigenvalue weighted by Crippen LogP contribution is -2.41. The van der Waals surface area contributed by atoms with Gasteiger partial charge < -0.3 is 14.4 Å². The average Bonchev–Trinajstić information content (AvgIpc) is 3.66. The Bertz CT molecular complexity index is 1750. The number of ether oxygens (including phenoxy) is 2. The molecule has 0 atom stereocenters. The largest absolute Gasteiger partial charge is 0.496 e. The Hall–Kier alpha value is -4.25. The van der Waals surface area contributed by atoms with Crippen molar-refractivity contribution in [3.8, 4) is 39.5 Å². The fraction of sp³-hybridized carbons (Fsp3) is 0.310. The molecule has 5 heterocycles. The lowest BCUT2D eigenvalue weighted by Gasteiger charge is -2.30. The second-order valence-electron chi connectivity index (χ2n) is 10.7. The Balaban J connectivity index is 1.54. The molecule has 9 nitrogen and oxygen atoms in total. The summed E-state index contributed by atoms with van der Waals surface area (Å²) in [5.41, 5.74) is 5.69. The van der Waals surface area contributed by atoms with Gasteiger partial charge in [-0.15, -0.1) is 11.3 Å². The number of thiophene rings is 1. The zero-order chi connectivity index (χ0) is 28.2. The van der Waals surface area contributed by atoms with Gasteiger partial charge in [-0.2, -0.15) is 10.2 Å². The van der Waals surface area contributed by atoms with Gasteiger partial charge in [-0.05, 0) is 57.3 Å². The number of nitrogens with zero attached hydrogens (tertiary/aromatic N) is 5. The van der Waals surface area contributed by atoms with E-state index in [1.165, 1.54) is 19.2 Å². The number of aryl methyl sites for hydroxylation is 1. The van der Waals surface area contributed by atoms with Gasteiger partial charge in [-0.1, -0.05) is 0 Å². The van der Waals surface area contributed by atoms with Gasteiger partial charge in [-0.25, -0.2) is 14.2 Å². The molecule has 5 aromatic rings. The predicted octanol–water partition coefficient (Wildman–Crippen LogP) is 6.42. The number of carbonyl (C=O) groups excluding carboxylic acids is 1. The molecular formula is C29H29FN6O3S. The molecule has 0 bridgehead atoms. The summed E-state index contributed by atoms with van der Waals surface area (Å²) in [5, 5.41) is 15.1. The Labute approximate surface area is 234 Å². The molecule has 0 unspecified atom stereocenters. The van der Waals surface area contributed by atoms with E-state index < -0.39 is 5.60 Å². The third-order valence-electron chi connectivity index (χ3n) is 6.82. The number of nitrogens with one attached hydrogen (secondary N) is 1. The van der Waals surface area contributed by atoms with Crippen LogP contribution in [0.4, 0.5) is 9.18 Å². The van der Waals surface area contributed by atoms with Gasteiger partial charge >= 0.3 is 6.09 Å². The summed E-state index contributed by atoms with van der Waals surface area (Å²) in [6, 6.07) is 8.52. The highest BCUT2D eigenvalue weighted by atomic mass is 32.1. The fourth-order valence-corrected chi connectivity index (χ4v) is 5.95. The van der Waals surface area contributed by atoms with Crippen LogP contribution in [0.3, 0.4) is 0 Å². The first kappa shape index (κ1) is 26.0. The molecule has 1 N–H and O–H groups in total. The van der Waals surface area contributed by atoms with E-state index >= 15 is 0 Å². The maximum absolute atomic E-state index is 14.2. The van der Waals surface area contributed by atoms with Crippen LogP contribution in [-0.4, -0.2) is 55.2 Å². The number of carbonyl (C=O) groups is 1. The molecule has 11 heteroatoms. The van der Waals surface area contributed by atoms with Crippen LogP contribution in [0.2, 0.25) is 0 Å². The first-order chi connectivity index (χ1) is 19.1. The van der Waals surface area contributed by atoms with Crippen LogP contribution in [0.5, 0.6) is 5.75 Å². The van der Waals surface area contributed by atoms with E-state index in [2.05, 4.69) is 10.2 Å². The number of aromatic nitrogens is 5. The molecule has 6 rings (SSSR count). The van der Waals surface area contributed by atoms with Crippen LogP contribution in [0.15, 0.2) is 41.9 Å². The number of aromatic amines is 1. The number of amides is 1. The number of H-pyrrole nitrogens is 1. The standard InChI is InChI=1S/C29H29FN6O3S/c1-16-21(14-31-33-16)25-20-8-11-40-27(20)24(19-7-6-17(30)12-23(19)38-5)26(32-25)22-13-18-15-35(9-10-36(18)34-22)28(37)39-29(2,3)4/h6-8,11-14H,9-10,15H2,1-5H3,(H,31,33). The summed E-state index contributed by atoms with van der Waals surface area (Å²) in [5.74, 6) is 0.0212. The van der Waals surface area contributed by atoms with Crippen molar-refractivity contribution in [2.24, 2.45) is 0 Å². The maximum atomic E-state index is 14.2. The minimum Gasteiger partial charge on any atom is -0.496 e. The molecule has 0 saturated heterocycles. The second kappa shape index (κ2) is 9.74. The lowest BCUT2D eigenvalue weighted by atomic mass is 9.97. The van der Waals surface area contributed by atoms with E-state index in [0.717, 1.165) is 43.9 Å². The van der Waals surface area contributed by atoms with Crippen molar-refractivity contribution in [3.63, 3.8) is 0 Å². The molecule has 0 aliphatic carbocycles. The van der Waals surface area contributed by atoms with Crippen molar-refractivity contribution < 1.29 is 18.7 Å². The Kier molecular flexibility index (Phi) is 6.33. The number of rotatable bonds is 4. The summed E-state index contributed by atoms with van der Waals surface area (Å²) in [6.45, 7) is 8.90. The van der Waals surface area contributed by atoms with Crippen LogP contribution in [0.1, 0.15) is 32.2 Å². The Morgan fingerprint density at radius 2 is 1.95 bits per heavy atom. The highest BCUT2D eigenvalue weighted by Crippen LogP contribution is 2.46. The van der Waals surface area contributed by atoms with Crippen molar-refractivity contribution in [2.75, 3.05) is 13.7 Å². The van der Waals surface area contributed by atoms with Gasteiger partial charge in [0.1, 0.15) is 28.6 Å². The summed E-state index contributed by atoms with van der Waals surface area (Å²) >= 11 is 1.58. The van der Waals surface area contributed by atoms with Crippen LogP contribution in [0.25, 0.3) is 43.9 Å². The number of halogens is 1. The molecule has 206 valence electrons. The highest BCUT2D eigenvalue weighted by molar-refractivity contribution is 7.18. The Morgan fingerprint density at radius 1 is 1.12 bits per heavy atom. The van der Waals surface area contributed by atoms with Gasteiger partial charge in [0.05, 0.1) is 37.8 Å². The topological polar surface area (TPSA) is 98.2 Å². The van der Waals surface area contributed by atoms with Crippen molar-refractivity contribution >= 4 is 27.5 Å². The van der Waals surface area contributed by atoms with Crippen molar-refractivity contribution in [1.82, 2.24) is 29.9 Å². The normalized spacial score (nSPS) is 13.5. The molecule has 1 aliphatic rings. The number of methoxy groups -OCH3 is 1. The van der Waals surface area contributed by atoms with Gasteiger partial charge in [0.25, 0.3) is 0 Å². The molecule has 0 spiro atoms. The Morgan fingerprint density at radius 3 is 2.67 bits per heavy atom. The van der Waals surface area contributed by atoms with E-state index in [-0.39, 0.29) is 11.9 Å². The van der Waals surface area contributed by atoms with E-state index in [9.17, 15) is 9.18 Å². The van der Waals surface area contributed by atoms with Crippen molar-refractivity contribution in [1.29, 1.82) is 0 Å². The highest BCUT2D eigenvalue weighted by Gasteiger charge is 2.29. The quantitative estimate of drug-likeness (QED) is 0.272. The van der Waals surface area contributed by atoms with E-state index in [1.807, 2.05) is 49.9 Å². The first-order valence-electron chi connectivity index (χ1n) is 12.9. The van der Waals surface area contributed by atoms with E-state index in [1.54, 1.807) is 28.5 Å². The van der Waals surface area contributed by atoms with E-state index in [4.69, 9.17) is 19.6 Å². The minimum absolute atomic E-state index is 0.353. The number of benzene rings is 1. The monoisotopic (exact) mass is 560 g/mol.